The monoisotopic (exact) mass is 454 g/mol. The van der Waals surface area contributed by atoms with Gasteiger partial charge in [-0.2, -0.15) is 5.10 Å². The van der Waals surface area contributed by atoms with E-state index in [1.54, 1.807) is 6.33 Å². The third-order valence-electron chi connectivity index (χ3n) is 7.15. The fraction of sp³-hybridized carbons (Fsp3) is 0.370. The fourth-order valence-corrected chi connectivity index (χ4v) is 5.32. The molecule has 0 saturated carbocycles. The molecule has 7 heteroatoms. The molecule has 0 unspecified atom stereocenters. The van der Waals surface area contributed by atoms with Crippen LogP contribution in [-0.4, -0.2) is 56.9 Å². The zero-order valence-corrected chi connectivity index (χ0v) is 19.3. The number of piperidine rings is 2. The Bertz CT molecular complexity index is 1230. The SMILES string of the molecule is c1ccc(Oc2ccc(-c3nn(C4CCN(C5CCNCC5)CC4)c4ncncc34)cc2)cc1. The molecule has 2 aromatic heterocycles. The summed E-state index contributed by atoms with van der Waals surface area (Å²) in [6.07, 6.45) is 8.25. The number of nitrogens with one attached hydrogen (secondary N) is 1. The second kappa shape index (κ2) is 9.52. The Balaban J connectivity index is 1.23. The highest BCUT2D eigenvalue weighted by Crippen LogP contribution is 2.33. The summed E-state index contributed by atoms with van der Waals surface area (Å²) in [5, 5.41) is 9.56. The summed E-state index contributed by atoms with van der Waals surface area (Å²) in [6.45, 7) is 4.54. The van der Waals surface area contributed by atoms with Crippen molar-refractivity contribution in [2.75, 3.05) is 26.2 Å². The lowest BCUT2D eigenvalue weighted by atomic mass is 9.99. The van der Waals surface area contributed by atoms with Gasteiger partial charge in [0.15, 0.2) is 5.65 Å². The number of likely N-dealkylation sites (tertiary alicyclic amines) is 1. The van der Waals surface area contributed by atoms with Gasteiger partial charge >= 0.3 is 0 Å². The quantitative estimate of drug-likeness (QED) is 0.473. The van der Waals surface area contributed by atoms with E-state index in [2.05, 4.69) is 37.0 Å². The highest BCUT2D eigenvalue weighted by atomic mass is 16.5. The van der Waals surface area contributed by atoms with Crippen molar-refractivity contribution in [1.29, 1.82) is 0 Å². The van der Waals surface area contributed by atoms with Crippen molar-refractivity contribution in [3.05, 3.63) is 67.1 Å². The van der Waals surface area contributed by atoms with E-state index in [-0.39, 0.29) is 0 Å². The minimum atomic E-state index is 0.366. The third kappa shape index (κ3) is 4.29. The summed E-state index contributed by atoms with van der Waals surface area (Å²) in [7, 11) is 0. The molecule has 1 N–H and O–H groups in total. The lowest BCUT2D eigenvalue weighted by molar-refractivity contribution is 0.111. The van der Waals surface area contributed by atoms with E-state index in [1.165, 1.54) is 12.8 Å². The summed E-state index contributed by atoms with van der Waals surface area (Å²) >= 11 is 0. The van der Waals surface area contributed by atoms with Gasteiger partial charge in [-0.25, -0.2) is 14.6 Å². The van der Waals surface area contributed by atoms with E-state index >= 15 is 0 Å². The summed E-state index contributed by atoms with van der Waals surface area (Å²) in [6, 6.07) is 19.1. The number of para-hydroxylation sites is 1. The topological polar surface area (TPSA) is 68.1 Å². The number of hydrogen-bond acceptors (Lipinski definition) is 6. The molecule has 0 atom stereocenters. The Hall–Kier alpha value is -3.29. The van der Waals surface area contributed by atoms with Crippen molar-refractivity contribution in [2.24, 2.45) is 0 Å². The van der Waals surface area contributed by atoms with Gasteiger partial charge in [-0.3, -0.25) is 0 Å². The molecule has 2 aliphatic rings. The van der Waals surface area contributed by atoms with E-state index < -0.39 is 0 Å². The van der Waals surface area contributed by atoms with Crippen molar-refractivity contribution in [3.8, 4) is 22.8 Å². The Morgan fingerprint density at radius 3 is 2.32 bits per heavy atom. The molecule has 2 aromatic carbocycles. The van der Waals surface area contributed by atoms with Crippen molar-refractivity contribution in [2.45, 2.75) is 37.8 Å². The number of benzene rings is 2. The van der Waals surface area contributed by atoms with E-state index in [0.717, 1.165) is 78.9 Å². The molecule has 0 aliphatic carbocycles. The number of nitrogens with zero attached hydrogens (tertiary/aromatic N) is 5. The molecule has 4 aromatic rings. The summed E-state index contributed by atoms with van der Waals surface area (Å²) < 4.78 is 8.11. The number of hydrogen-bond donors (Lipinski definition) is 1. The van der Waals surface area contributed by atoms with Gasteiger partial charge in [0.1, 0.15) is 23.5 Å². The van der Waals surface area contributed by atoms with Crippen LogP contribution in [0.2, 0.25) is 0 Å². The molecule has 7 nitrogen and oxygen atoms in total. The molecule has 174 valence electrons. The summed E-state index contributed by atoms with van der Waals surface area (Å²) in [4.78, 5) is 11.6. The maximum absolute atomic E-state index is 5.96. The zero-order chi connectivity index (χ0) is 22.7. The predicted octanol–water partition coefficient (Wildman–Crippen LogP) is 4.67. The Morgan fingerprint density at radius 2 is 1.56 bits per heavy atom. The van der Waals surface area contributed by atoms with E-state index in [0.29, 0.717) is 6.04 Å². The van der Waals surface area contributed by atoms with Crippen molar-refractivity contribution >= 4 is 11.0 Å². The molecule has 0 radical (unpaired) electrons. The minimum Gasteiger partial charge on any atom is -0.457 e. The van der Waals surface area contributed by atoms with Gasteiger partial charge in [-0.05, 0) is 75.2 Å². The molecular weight excluding hydrogens is 424 g/mol. The second-order valence-corrected chi connectivity index (χ2v) is 9.24. The smallest absolute Gasteiger partial charge is 0.162 e. The van der Waals surface area contributed by atoms with Crippen LogP contribution in [-0.2, 0) is 0 Å². The van der Waals surface area contributed by atoms with E-state index in [4.69, 9.17) is 9.84 Å². The number of aromatic nitrogens is 4. The van der Waals surface area contributed by atoms with Gasteiger partial charge < -0.3 is 15.0 Å². The van der Waals surface area contributed by atoms with Crippen molar-refractivity contribution in [3.63, 3.8) is 0 Å². The van der Waals surface area contributed by atoms with Crippen LogP contribution in [0.1, 0.15) is 31.7 Å². The maximum Gasteiger partial charge on any atom is 0.162 e. The van der Waals surface area contributed by atoms with Gasteiger partial charge in [0.05, 0.1) is 11.4 Å². The van der Waals surface area contributed by atoms with Crippen LogP contribution in [0, 0.1) is 0 Å². The maximum atomic E-state index is 5.96. The molecule has 0 spiro atoms. The number of fused-ring (bicyclic) bond motifs is 1. The standard InChI is InChI=1S/C27H30N6O/c1-2-4-23(5-3-1)34-24-8-6-20(7-9-24)26-25-18-29-19-30-27(25)33(31-26)22-12-16-32(17-13-22)21-10-14-28-15-11-21/h1-9,18-19,21-22,28H,10-17H2. The van der Waals surface area contributed by atoms with Gasteiger partial charge in [0, 0.05) is 30.9 Å². The molecule has 0 bridgehead atoms. The fourth-order valence-electron chi connectivity index (χ4n) is 5.32. The number of rotatable bonds is 5. The largest absolute Gasteiger partial charge is 0.457 e. The Labute approximate surface area is 199 Å². The van der Waals surface area contributed by atoms with Crippen LogP contribution in [0.5, 0.6) is 11.5 Å². The lowest BCUT2D eigenvalue weighted by Gasteiger charge is -2.39. The molecule has 4 heterocycles. The molecular formula is C27H30N6O. The van der Waals surface area contributed by atoms with E-state index in [1.807, 2.05) is 48.7 Å². The van der Waals surface area contributed by atoms with Crippen molar-refractivity contribution in [1.82, 2.24) is 30.0 Å². The normalized spacial score (nSPS) is 18.4. The first-order chi connectivity index (χ1) is 16.8. The highest BCUT2D eigenvalue weighted by Gasteiger charge is 2.29. The van der Waals surface area contributed by atoms with Gasteiger partial charge in [-0.15, -0.1) is 0 Å². The van der Waals surface area contributed by atoms with Gasteiger partial charge in [0.25, 0.3) is 0 Å². The van der Waals surface area contributed by atoms with Crippen LogP contribution in [0.15, 0.2) is 67.1 Å². The Morgan fingerprint density at radius 1 is 0.824 bits per heavy atom. The first-order valence-electron chi connectivity index (χ1n) is 12.3. The molecule has 0 amide bonds. The van der Waals surface area contributed by atoms with Crippen LogP contribution in [0.3, 0.4) is 0 Å². The summed E-state index contributed by atoms with van der Waals surface area (Å²) in [5.41, 5.74) is 2.91. The van der Waals surface area contributed by atoms with Gasteiger partial charge in [-0.1, -0.05) is 18.2 Å². The highest BCUT2D eigenvalue weighted by molar-refractivity contribution is 5.90. The average Bonchev–Trinajstić information content (AvgIpc) is 3.30. The first kappa shape index (κ1) is 21.3. The van der Waals surface area contributed by atoms with Crippen LogP contribution >= 0.6 is 0 Å². The van der Waals surface area contributed by atoms with Crippen LogP contribution in [0.4, 0.5) is 0 Å². The molecule has 2 saturated heterocycles. The Kier molecular flexibility index (Phi) is 5.95. The average molecular weight is 455 g/mol. The third-order valence-corrected chi connectivity index (χ3v) is 7.15. The molecule has 6 rings (SSSR count). The predicted molar refractivity (Wildman–Crippen MR) is 133 cm³/mol. The van der Waals surface area contributed by atoms with Crippen LogP contribution in [0.25, 0.3) is 22.3 Å². The molecule has 2 aliphatic heterocycles. The van der Waals surface area contributed by atoms with Crippen LogP contribution < -0.4 is 10.1 Å². The van der Waals surface area contributed by atoms with Gasteiger partial charge in [0.2, 0.25) is 0 Å². The number of ether oxygens (including phenoxy) is 1. The molecule has 34 heavy (non-hydrogen) atoms. The lowest BCUT2D eigenvalue weighted by Crippen LogP contribution is -2.46. The van der Waals surface area contributed by atoms with E-state index in [9.17, 15) is 0 Å². The summed E-state index contributed by atoms with van der Waals surface area (Å²) in [5.74, 6) is 1.63. The minimum absolute atomic E-state index is 0.366. The zero-order valence-electron chi connectivity index (χ0n) is 19.3. The van der Waals surface area contributed by atoms with Crippen molar-refractivity contribution < 1.29 is 4.74 Å². The second-order valence-electron chi connectivity index (χ2n) is 9.24. The first-order valence-corrected chi connectivity index (χ1v) is 12.3. The molecule has 2 fully saturated rings.